The second-order valence-corrected chi connectivity index (χ2v) is 6.21. The predicted molar refractivity (Wildman–Crippen MR) is 84.3 cm³/mol. The van der Waals surface area contributed by atoms with Crippen LogP contribution in [0, 0.1) is 0 Å². The molecule has 0 aliphatic carbocycles. The number of halogens is 1. The van der Waals surface area contributed by atoms with E-state index in [1.165, 1.54) is 32.1 Å². The van der Waals surface area contributed by atoms with E-state index in [2.05, 4.69) is 12.2 Å². The van der Waals surface area contributed by atoms with Crippen LogP contribution in [0.2, 0.25) is 0 Å². The Morgan fingerprint density at radius 1 is 1.10 bits per heavy atom. The lowest BCUT2D eigenvalue weighted by Gasteiger charge is -2.36. The van der Waals surface area contributed by atoms with Gasteiger partial charge in [-0.2, -0.15) is 0 Å². The lowest BCUT2D eigenvalue weighted by atomic mass is 9.92. The van der Waals surface area contributed by atoms with Crippen LogP contribution in [0.5, 0.6) is 0 Å². The van der Waals surface area contributed by atoms with Gasteiger partial charge in [-0.15, -0.1) is 11.6 Å². The van der Waals surface area contributed by atoms with Crippen molar-refractivity contribution in [2.45, 2.75) is 76.7 Å². The summed E-state index contributed by atoms with van der Waals surface area (Å²) in [6.07, 6.45) is 11.0. The van der Waals surface area contributed by atoms with Crippen molar-refractivity contribution in [3.63, 3.8) is 0 Å². The molecule has 0 bridgehead atoms. The Balaban J connectivity index is 2.10. The van der Waals surface area contributed by atoms with Gasteiger partial charge in [0.1, 0.15) is 0 Å². The minimum Gasteiger partial charge on any atom is -0.381 e. The van der Waals surface area contributed by atoms with Gasteiger partial charge in [-0.05, 0) is 19.3 Å². The summed E-state index contributed by atoms with van der Waals surface area (Å²) in [5, 5.41) is 3.14. The van der Waals surface area contributed by atoms with E-state index in [0.29, 0.717) is 25.5 Å². The number of carbonyl (C=O) groups is 1. The van der Waals surface area contributed by atoms with Gasteiger partial charge < -0.3 is 10.1 Å². The number of ether oxygens (including phenoxy) is 1. The molecule has 1 N–H and O–H groups in total. The first kappa shape index (κ1) is 17.8. The highest BCUT2D eigenvalue weighted by molar-refractivity contribution is 6.18. The Morgan fingerprint density at radius 3 is 2.30 bits per heavy atom. The summed E-state index contributed by atoms with van der Waals surface area (Å²) in [6, 6.07) is 0. The highest BCUT2D eigenvalue weighted by Gasteiger charge is 2.32. The summed E-state index contributed by atoms with van der Waals surface area (Å²) in [7, 11) is 0. The van der Waals surface area contributed by atoms with Crippen molar-refractivity contribution in [3.05, 3.63) is 0 Å². The Morgan fingerprint density at radius 2 is 1.70 bits per heavy atom. The molecule has 1 rings (SSSR count). The number of alkyl halides is 1. The lowest BCUT2D eigenvalue weighted by molar-refractivity contribution is -0.124. The maximum atomic E-state index is 12.0. The second-order valence-electron chi connectivity index (χ2n) is 5.95. The fourth-order valence-electron chi connectivity index (χ4n) is 2.66. The van der Waals surface area contributed by atoms with Crippen LogP contribution in [0.15, 0.2) is 0 Å². The molecular weight excluding hydrogens is 274 g/mol. The molecule has 0 aromatic carbocycles. The molecule has 3 nitrogen and oxygen atoms in total. The Labute approximate surface area is 128 Å². The van der Waals surface area contributed by atoms with Crippen LogP contribution >= 0.6 is 11.6 Å². The fraction of sp³-hybridized carbons (Fsp3) is 0.938. The van der Waals surface area contributed by atoms with Gasteiger partial charge in [0.25, 0.3) is 0 Å². The summed E-state index contributed by atoms with van der Waals surface area (Å²) < 4.78 is 5.34. The van der Waals surface area contributed by atoms with Crippen LogP contribution in [0.1, 0.15) is 71.1 Å². The second kappa shape index (κ2) is 10.4. The van der Waals surface area contributed by atoms with Gasteiger partial charge in [-0.25, -0.2) is 0 Å². The number of nitrogens with one attached hydrogen (secondary N) is 1. The topological polar surface area (TPSA) is 38.3 Å². The molecule has 1 aliphatic heterocycles. The van der Waals surface area contributed by atoms with Crippen LogP contribution in [0.4, 0.5) is 0 Å². The Kier molecular flexibility index (Phi) is 9.28. The van der Waals surface area contributed by atoms with E-state index in [4.69, 9.17) is 16.3 Å². The van der Waals surface area contributed by atoms with Crippen molar-refractivity contribution < 1.29 is 9.53 Å². The molecule has 0 unspecified atom stereocenters. The number of rotatable bonds is 10. The van der Waals surface area contributed by atoms with Crippen molar-refractivity contribution in [1.82, 2.24) is 5.32 Å². The quantitative estimate of drug-likeness (QED) is 0.489. The molecule has 1 fully saturated rings. The molecule has 0 saturated carbocycles. The van der Waals surface area contributed by atoms with E-state index in [1.54, 1.807) is 0 Å². The van der Waals surface area contributed by atoms with Crippen LogP contribution in [-0.2, 0) is 9.53 Å². The zero-order valence-electron chi connectivity index (χ0n) is 12.9. The largest absolute Gasteiger partial charge is 0.381 e. The zero-order valence-corrected chi connectivity index (χ0v) is 13.6. The van der Waals surface area contributed by atoms with Gasteiger partial charge in [0.15, 0.2) is 0 Å². The van der Waals surface area contributed by atoms with Gasteiger partial charge in [0, 0.05) is 25.5 Å². The summed E-state index contributed by atoms with van der Waals surface area (Å²) in [5.74, 6) is 0.639. The Hall–Kier alpha value is -0.280. The predicted octanol–water partition coefficient (Wildman–Crippen LogP) is 4.03. The average Bonchev–Trinajstić information content (AvgIpc) is 2.47. The van der Waals surface area contributed by atoms with Gasteiger partial charge in [-0.1, -0.05) is 45.4 Å². The van der Waals surface area contributed by atoms with Gasteiger partial charge >= 0.3 is 0 Å². The molecule has 1 amide bonds. The van der Waals surface area contributed by atoms with Crippen LogP contribution in [0.3, 0.4) is 0 Å². The third-order valence-electron chi connectivity index (χ3n) is 4.12. The van der Waals surface area contributed by atoms with Gasteiger partial charge in [0.2, 0.25) is 5.91 Å². The lowest BCUT2D eigenvalue weighted by Crippen LogP contribution is -2.53. The molecule has 4 heteroatoms. The third kappa shape index (κ3) is 6.94. The van der Waals surface area contributed by atoms with Crippen LogP contribution in [0.25, 0.3) is 0 Å². The third-order valence-corrected chi connectivity index (χ3v) is 4.63. The minimum absolute atomic E-state index is 0.154. The molecule has 0 radical (unpaired) electrons. The molecular formula is C16H30ClNO2. The molecule has 0 spiro atoms. The van der Waals surface area contributed by atoms with Crippen molar-refractivity contribution in [1.29, 1.82) is 0 Å². The van der Waals surface area contributed by atoms with Crippen LogP contribution in [-0.4, -0.2) is 30.5 Å². The van der Waals surface area contributed by atoms with Crippen molar-refractivity contribution in [2.24, 2.45) is 0 Å². The molecule has 1 heterocycles. The first-order chi connectivity index (χ1) is 9.72. The summed E-state index contributed by atoms with van der Waals surface area (Å²) >= 11 is 6.04. The molecule has 1 saturated heterocycles. The highest BCUT2D eigenvalue weighted by atomic mass is 35.5. The summed E-state index contributed by atoms with van der Waals surface area (Å²) in [6.45, 7) is 3.63. The normalized spacial score (nSPS) is 17.9. The average molecular weight is 304 g/mol. The smallest absolute Gasteiger partial charge is 0.220 e. The zero-order chi connectivity index (χ0) is 14.7. The Bertz CT molecular complexity index is 265. The maximum absolute atomic E-state index is 12.0. The molecule has 0 aromatic heterocycles. The molecule has 0 aromatic rings. The SMILES string of the molecule is CCCCCCCCCC(=O)NC1(CCl)CCOCC1. The van der Waals surface area contributed by atoms with E-state index in [-0.39, 0.29) is 11.4 Å². The maximum Gasteiger partial charge on any atom is 0.220 e. The van der Waals surface area contributed by atoms with E-state index < -0.39 is 0 Å². The number of hydrogen-bond donors (Lipinski definition) is 1. The number of unbranched alkanes of at least 4 members (excludes halogenated alkanes) is 6. The van der Waals surface area contributed by atoms with Crippen molar-refractivity contribution in [3.8, 4) is 0 Å². The van der Waals surface area contributed by atoms with E-state index in [0.717, 1.165) is 25.7 Å². The van der Waals surface area contributed by atoms with Gasteiger partial charge in [0.05, 0.1) is 5.54 Å². The standard InChI is InChI=1S/C16H30ClNO2/c1-2-3-4-5-6-7-8-9-15(19)18-16(14-17)10-12-20-13-11-16/h2-14H2,1H3,(H,18,19). The molecule has 0 atom stereocenters. The van der Waals surface area contributed by atoms with Crippen molar-refractivity contribution >= 4 is 17.5 Å². The van der Waals surface area contributed by atoms with E-state index >= 15 is 0 Å². The fourth-order valence-corrected chi connectivity index (χ4v) is 2.99. The van der Waals surface area contributed by atoms with Crippen molar-refractivity contribution in [2.75, 3.05) is 19.1 Å². The van der Waals surface area contributed by atoms with E-state index in [9.17, 15) is 4.79 Å². The van der Waals surface area contributed by atoms with E-state index in [1.807, 2.05) is 0 Å². The molecule has 1 aliphatic rings. The number of hydrogen-bond acceptors (Lipinski definition) is 2. The first-order valence-corrected chi connectivity index (χ1v) is 8.70. The molecule has 20 heavy (non-hydrogen) atoms. The minimum atomic E-state index is -0.224. The summed E-state index contributed by atoms with van der Waals surface area (Å²) in [4.78, 5) is 12.0. The molecule has 118 valence electrons. The van der Waals surface area contributed by atoms with Crippen LogP contribution < -0.4 is 5.32 Å². The number of amides is 1. The summed E-state index contributed by atoms with van der Waals surface area (Å²) in [5.41, 5.74) is -0.224. The highest BCUT2D eigenvalue weighted by Crippen LogP contribution is 2.22. The first-order valence-electron chi connectivity index (χ1n) is 8.17. The van der Waals surface area contributed by atoms with Gasteiger partial charge in [-0.3, -0.25) is 4.79 Å². The number of carbonyl (C=O) groups excluding carboxylic acids is 1. The monoisotopic (exact) mass is 303 g/mol.